The van der Waals surface area contributed by atoms with Gasteiger partial charge in [-0.1, -0.05) is 0 Å². The first-order valence-electron chi connectivity index (χ1n) is 0.854. The van der Waals surface area contributed by atoms with Crippen molar-refractivity contribution < 1.29 is 11.3 Å². The summed E-state index contributed by atoms with van der Waals surface area (Å²) in [6.45, 7) is 0. The first-order valence-corrected chi connectivity index (χ1v) is 0.854. The zero-order valence-electron chi connectivity index (χ0n) is 2.65. The monoisotopic (exact) mass is 64.1 g/mol. The third-order valence-corrected chi connectivity index (χ3v) is 0. The van der Waals surface area contributed by atoms with Gasteiger partial charge in [-0.2, -0.15) is 5.43 Å². The minimum atomic E-state index is 0. The molecule has 0 bridgehead atoms. The van der Waals surface area contributed by atoms with Crippen molar-refractivity contribution in [3.63, 3.8) is 0 Å². The summed E-state index contributed by atoms with van der Waals surface area (Å²) in [5, 5.41) is 0. The molecule has 4 heavy (non-hydrogen) atoms. The van der Waals surface area contributed by atoms with Crippen molar-refractivity contribution in [3.05, 3.63) is 0 Å². The molecule has 0 radical (unpaired) electrons. The average Bonchev–Trinajstić information content (AvgIpc) is 0.918. The van der Waals surface area contributed by atoms with Crippen molar-refractivity contribution in [2.75, 3.05) is 7.05 Å². The Hall–Kier alpha value is -0.120. The molecule has 0 spiro atoms. The summed E-state index contributed by atoms with van der Waals surface area (Å²) in [6.07, 6.45) is 0. The van der Waals surface area contributed by atoms with Gasteiger partial charge in [-0.25, -0.2) is 0 Å². The highest BCUT2D eigenvalue weighted by molar-refractivity contribution is 3.61. The van der Waals surface area contributed by atoms with E-state index in [-0.39, 0.29) is 5.48 Å². The van der Waals surface area contributed by atoms with E-state index in [1.165, 1.54) is 0 Å². The maximum absolute atomic E-state index is 3.24. The van der Waals surface area contributed by atoms with Gasteiger partial charge in [0.2, 0.25) is 0 Å². The van der Waals surface area contributed by atoms with Gasteiger partial charge in [-0.15, -0.1) is 0 Å². The van der Waals surface area contributed by atoms with E-state index in [4.69, 9.17) is 0 Å². The summed E-state index contributed by atoms with van der Waals surface area (Å²) < 4.78 is 0. The summed E-state index contributed by atoms with van der Waals surface area (Å²) in [5.41, 5.74) is 2.50. The Morgan fingerprint density at radius 2 is 1.75 bits per heavy atom. The molecule has 0 saturated heterocycles. The SMILES string of the molecule is CN[NH3+].[OH-]. The smallest absolute Gasteiger partial charge is 0.0330 e. The van der Waals surface area contributed by atoms with E-state index < -0.39 is 0 Å². The zero-order valence-corrected chi connectivity index (χ0v) is 2.65. The van der Waals surface area contributed by atoms with E-state index in [0.717, 1.165) is 0 Å². The fraction of sp³-hybridized carbons (Fsp3) is 1.00. The van der Waals surface area contributed by atoms with Crippen LogP contribution in [-0.2, 0) is 0 Å². The maximum atomic E-state index is 3.24. The summed E-state index contributed by atoms with van der Waals surface area (Å²) in [4.78, 5) is 0. The lowest BCUT2D eigenvalue weighted by Gasteiger charge is -1.57. The van der Waals surface area contributed by atoms with Gasteiger partial charge in [0.05, 0.1) is 0 Å². The number of quaternary nitrogens is 1. The molecule has 0 aliphatic heterocycles. The molecule has 3 heteroatoms. The summed E-state index contributed by atoms with van der Waals surface area (Å²) >= 11 is 0. The minimum Gasteiger partial charge on any atom is -0.870 e. The van der Waals surface area contributed by atoms with E-state index in [1.807, 2.05) is 0 Å². The zero-order chi connectivity index (χ0) is 2.71. The van der Waals surface area contributed by atoms with E-state index in [2.05, 4.69) is 11.3 Å². The Morgan fingerprint density at radius 3 is 1.75 bits per heavy atom. The van der Waals surface area contributed by atoms with Crippen molar-refractivity contribution >= 4 is 0 Å². The minimum absolute atomic E-state index is 0. The molecule has 0 atom stereocenters. The molecule has 0 aromatic rings. The summed E-state index contributed by atoms with van der Waals surface area (Å²) in [7, 11) is 1.76. The standard InChI is InChI=1S/CH6N2.H2O/c1-3-2;/h3H,2H2,1H3;1H2. The fourth-order valence-electron chi connectivity index (χ4n) is 0. The molecule has 5 N–H and O–H groups in total. The molecule has 0 aromatic carbocycles. The molecule has 0 unspecified atom stereocenters. The molecule has 0 aliphatic rings. The lowest BCUT2D eigenvalue weighted by Crippen LogP contribution is -2.62. The molecule has 0 fully saturated rings. The predicted octanol–water partition coefficient (Wildman–Crippen LogP) is -1.81. The quantitative estimate of drug-likeness (QED) is 0.326. The normalized spacial score (nSPS) is 4.50. The number of hydrogen-bond acceptors (Lipinski definition) is 2. The second kappa shape index (κ2) is 13.1. The van der Waals surface area contributed by atoms with Crippen LogP contribution in [0.5, 0.6) is 0 Å². The lowest BCUT2D eigenvalue weighted by molar-refractivity contribution is -0.435. The Kier molecular flexibility index (Phi) is 29.9. The van der Waals surface area contributed by atoms with E-state index in [9.17, 15) is 0 Å². The van der Waals surface area contributed by atoms with Crippen LogP contribution in [0.15, 0.2) is 0 Å². The molecule has 0 aliphatic carbocycles. The van der Waals surface area contributed by atoms with Gasteiger partial charge in [-0.05, 0) is 0 Å². The Morgan fingerprint density at radius 1 is 1.75 bits per heavy atom. The van der Waals surface area contributed by atoms with Gasteiger partial charge in [0.25, 0.3) is 0 Å². The van der Waals surface area contributed by atoms with Crippen LogP contribution >= 0.6 is 0 Å². The van der Waals surface area contributed by atoms with Crippen LogP contribution < -0.4 is 11.3 Å². The maximum Gasteiger partial charge on any atom is 0.0330 e. The molecule has 0 rings (SSSR count). The van der Waals surface area contributed by atoms with Crippen molar-refractivity contribution in [2.45, 2.75) is 0 Å². The molecule has 0 amide bonds. The molecular weight excluding hydrogens is 56.0 g/mol. The van der Waals surface area contributed by atoms with Gasteiger partial charge in [0.15, 0.2) is 0 Å². The van der Waals surface area contributed by atoms with Crippen LogP contribution in [0.25, 0.3) is 0 Å². The highest BCUT2D eigenvalue weighted by Gasteiger charge is 1.27. The van der Waals surface area contributed by atoms with Crippen LogP contribution in [0.4, 0.5) is 0 Å². The average molecular weight is 64.1 g/mol. The van der Waals surface area contributed by atoms with Crippen LogP contribution in [0.2, 0.25) is 0 Å². The van der Waals surface area contributed by atoms with Crippen molar-refractivity contribution in [2.24, 2.45) is 0 Å². The molecule has 3 nitrogen and oxygen atoms in total. The summed E-state index contributed by atoms with van der Waals surface area (Å²) in [6, 6.07) is 0. The van der Waals surface area contributed by atoms with E-state index in [1.54, 1.807) is 7.05 Å². The third kappa shape index (κ3) is 101. The highest BCUT2D eigenvalue weighted by Crippen LogP contribution is 0.732. The van der Waals surface area contributed by atoms with Crippen LogP contribution in [0, 0.1) is 0 Å². The Bertz CT molecular complexity index is 6.00. The van der Waals surface area contributed by atoms with Crippen molar-refractivity contribution in [1.82, 2.24) is 5.43 Å². The highest BCUT2D eigenvalue weighted by atomic mass is 16.0. The topological polar surface area (TPSA) is 69.7 Å². The predicted molar refractivity (Wildman–Crippen MR) is 13.9 cm³/mol. The number of nitrogens with one attached hydrogen (secondary N) is 1. The Balaban J connectivity index is 0. The largest absolute Gasteiger partial charge is 0.870 e. The Labute approximate surface area is 25.1 Å². The van der Waals surface area contributed by atoms with Crippen molar-refractivity contribution in [1.29, 1.82) is 0 Å². The first-order chi connectivity index (χ1) is 1.41. The molecule has 0 saturated carbocycles. The van der Waals surface area contributed by atoms with Gasteiger partial charge in [-0.3, -0.25) is 5.84 Å². The molecular formula is CH8N2O. The van der Waals surface area contributed by atoms with Gasteiger partial charge >= 0.3 is 0 Å². The molecule has 0 heterocycles. The molecule has 28 valence electrons. The van der Waals surface area contributed by atoms with Crippen molar-refractivity contribution in [3.8, 4) is 0 Å². The molecule has 0 aromatic heterocycles. The second-order valence-corrected chi connectivity index (χ2v) is 0.354. The third-order valence-electron chi connectivity index (χ3n) is 0. The van der Waals surface area contributed by atoms with E-state index in [0.29, 0.717) is 0 Å². The van der Waals surface area contributed by atoms with Crippen LogP contribution in [-0.4, -0.2) is 12.5 Å². The number of rotatable bonds is 0. The second-order valence-electron chi connectivity index (χ2n) is 0.354. The van der Waals surface area contributed by atoms with Crippen LogP contribution in [0.1, 0.15) is 0 Å². The lowest BCUT2D eigenvalue weighted by atomic mass is 11.5. The van der Waals surface area contributed by atoms with Crippen LogP contribution in [0.3, 0.4) is 0 Å². The summed E-state index contributed by atoms with van der Waals surface area (Å²) in [5.74, 6) is 3.24. The van der Waals surface area contributed by atoms with Gasteiger partial charge in [0.1, 0.15) is 0 Å². The van der Waals surface area contributed by atoms with E-state index >= 15 is 0 Å². The number of hydrogen-bond donors (Lipinski definition) is 2. The first kappa shape index (κ1) is 9.11. The fourth-order valence-corrected chi connectivity index (χ4v) is 0. The van der Waals surface area contributed by atoms with Gasteiger partial charge in [0, 0.05) is 7.05 Å². The van der Waals surface area contributed by atoms with Gasteiger partial charge < -0.3 is 5.48 Å².